The fraction of sp³-hybridized carbons (Fsp3) is 1.00. The average molecular weight is 277 g/mol. The maximum absolute atomic E-state index is 13.8. The summed E-state index contributed by atoms with van der Waals surface area (Å²) in [6.07, 6.45) is 12.6. The molecule has 0 heterocycles. The summed E-state index contributed by atoms with van der Waals surface area (Å²) in [5.41, 5.74) is 0. The van der Waals surface area contributed by atoms with E-state index in [0.717, 1.165) is 0 Å². The summed E-state index contributed by atoms with van der Waals surface area (Å²) >= 11 is 1.51. The third kappa shape index (κ3) is 11.4. The minimum absolute atomic E-state index is 0.458. The van der Waals surface area contributed by atoms with Crippen molar-refractivity contribution < 1.29 is 4.39 Å². The average Bonchev–Trinajstić information content (AvgIpc) is 2.32. The van der Waals surface area contributed by atoms with Gasteiger partial charge in [-0.3, -0.25) is 0 Å². The lowest BCUT2D eigenvalue weighted by Crippen LogP contribution is -2.15. The molecule has 0 saturated heterocycles. The monoisotopic (exact) mass is 276 g/mol. The lowest BCUT2D eigenvalue weighted by atomic mass is 10.1. The number of hydrogen-bond donors (Lipinski definition) is 0. The largest absolute Gasteiger partial charge is 0.232 e. The first-order valence-corrected chi connectivity index (χ1v) is 8.76. The number of unbranched alkanes of at least 4 members (excludes halogenated alkanes) is 7. The van der Waals surface area contributed by atoms with Gasteiger partial charge in [-0.1, -0.05) is 72.1 Å². The van der Waals surface area contributed by atoms with Crippen LogP contribution >= 0.6 is 11.8 Å². The van der Waals surface area contributed by atoms with Crippen LogP contribution in [0.1, 0.15) is 91.9 Å². The van der Waals surface area contributed by atoms with E-state index >= 15 is 0 Å². The van der Waals surface area contributed by atoms with Crippen LogP contribution in [0.2, 0.25) is 0 Å². The molecule has 0 radical (unpaired) electrons. The van der Waals surface area contributed by atoms with Gasteiger partial charge in [0.25, 0.3) is 0 Å². The van der Waals surface area contributed by atoms with Gasteiger partial charge in [-0.15, -0.1) is 11.8 Å². The highest BCUT2D eigenvalue weighted by Gasteiger charge is 2.23. The quantitative estimate of drug-likeness (QED) is 0.356. The molecule has 0 spiro atoms. The van der Waals surface area contributed by atoms with E-state index in [0.29, 0.717) is 11.7 Å². The van der Waals surface area contributed by atoms with Crippen molar-refractivity contribution in [1.82, 2.24) is 0 Å². The molecule has 0 aromatic carbocycles. The first-order chi connectivity index (χ1) is 8.52. The Hall–Kier alpha value is 0.280. The van der Waals surface area contributed by atoms with Crippen LogP contribution in [0.25, 0.3) is 0 Å². The minimum Gasteiger partial charge on any atom is -0.232 e. The molecule has 0 aliphatic rings. The Bertz CT molecular complexity index is 180. The Morgan fingerprint density at radius 3 is 1.94 bits per heavy atom. The number of alkyl halides is 1. The second-order valence-electron chi connectivity index (χ2n) is 5.65. The standard InChI is InChI=1S/C16H33FS/c1-5-7-8-9-10-11-12-13-14-15(3)18-16(4,17)6-2/h15H,5-14H2,1-4H3. The van der Waals surface area contributed by atoms with Gasteiger partial charge in [0.1, 0.15) is 0 Å². The number of hydrogen-bond acceptors (Lipinski definition) is 1. The Labute approximate surface area is 119 Å². The molecular weight excluding hydrogens is 243 g/mol. The molecule has 0 bridgehead atoms. The topological polar surface area (TPSA) is 0 Å². The molecule has 0 aromatic heterocycles. The van der Waals surface area contributed by atoms with Crippen molar-refractivity contribution >= 4 is 11.8 Å². The van der Waals surface area contributed by atoms with Gasteiger partial charge in [0.05, 0.1) is 0 Å². The van der Waals surface area contributed by atoms with Crippen LogP contribution in [0.15, 0.2) is 0 Å². The van der Waals surface area contributed by atoms with E-state index in [-0.39, 0.29) is 0 Å². The van der Waals surface area contributed by atoms with Crippen LogP contribution < -0.4 is 0 Å². The van der Waals surface area contributed by atoms with E-state index in [4.69, 9.17) is 0 Å². The molecule has 2 unspecified atom stereocenters. The zero-order valence-electron chi connectivity index (χ0n) is 12.9. The highest BCUT2D eigenvalue weighted by atomic mass is 32.2. The first kappa shape index (κ1) is 18.3. The number of thioether (sulfide) groups is 1. The van der Waals surface area contributed by atoms with Gasteiger partial charge < -0.3 is 0 Å². The molecule has 0 amide bonds. The predicted molar refractivity (Wildman–Crippen MR) is 84.1 cm³/mol. The second-order valence-corrected chi connectivity index (χ2v) is 7.54. The van der Waals surface area contributed by atoms with Gasteiger partial charge in [-0.05, 0) is 19.8 Å². The summed E-state index contributed by atoms with van der Waals surface area (Å²) < 4.78 is 13.8. The van der Waals surface area contributed by atoms with Gasteiger partial charge in [-0.25, -0.2) is 4.39 Å². The summed E-state index contributed by atoms with van der Waals surface area (Å²) in [5, 5.41) is -0.570. The van der Waals surface area contributed by atoms with Crippen molar-refractivity contribution in [2.75, 3.05) is 0 Å². The first-order valence-electron chi connectivity index (χ1n) is 7.88. The zero-order chi connectivity index (χ0) is 13.9. The van der Waals surface area contributed by atoms with Crippen molar-refractivity contribution in [3.05, 3.63) is 0 Å². The molecule has 0 nitrogen and oxygen atoms in total. The third-order valence-electron chi connectivity index (χ3n) is 3.54. The Balaban J connectivity index is 3.33. The fourth-order valence-electron chi connectivity index (χ4n) is 2.13. The van der Waals surface area contributed by atoms with Gasteiger partial charge >= 0.3 is 0 Å². The smallest absolute Gasteiger partial charge is 0.153 e. The molecule has 0 saturated carbocycles. The number of halogens is 1. The van der Waals surface area contributed by atoms with Crippen LogP contribution in [0.4, 0.5) is 4.39 Å². The van der Waals surface area contributed by atoms with Gasteiger partial charge in [0.2, 0.25) is 0 Å². The summed E-state index contributed by atoms with van der Waals surface area (Å²) in [6.45, 7) is 8.06. The molecule has 18 heavy (non-hydrogen) atoms. The van der Waals surface area contributed by atoms with Crippen LogP contribution in [0, 0.1) is 0 Å². The molecule has 2 atom stereocenters. The third-order valence-corrected chi connectivity index (χ3v) is 4.96. The van der Waals surface area contributed by atoms with Crippen LogP contribution in [-0.2, 0) is 0 Å². The van der Waals surface area contributed by atoms with Gasteiger partial charge in [-0.2, -0.15) is 0 Å². The Morgan fingerprint density at radius 2 is 1.44 bits per heavy atom. The summed E-state index contributed by atoms with van der Waals surface area (Å²) in [7, 11) is 0. The molecule has 110 valence electrons. The van der Waals surface area contributed by atoms with Crippen molar-refractivity contribution in [2.24, 2.45) is 0 Å². The van der Waals surface area contributed by atoms with Crippen molar-refractivity contribution in [3.63, 3.8) is 0 Å². The molecule has 0 rings (SSSR count). The minimum atomic E-state index is -1.03. The Kier molecular flexibility index (Phi) is 11.3. The summed E-state index contributed by atoms with van der Waals surface area (Å²) in [6, 6.07) is 0. The van der Waals surface area contributed by atoms with Crippen molar-refractivity contribution in [3.8, 4) is 0 Å². The predicted octanol–water partition coefficient (Wildman–Crippen LogP) is 6.73. The fourth-order valence-corrected chi connectivity index (χ4v) is 3.42. The molecule has 0 aliphatic carbocycles. The highest BCUT2D eigenvalue weighted by molar-refractivity contribution is 8.01. The maximum Gasteiger partial charge on any atom is 0.153 e. The van der Waals surface area contributed by atoms with E-state index < -0.39 is 5.00 Å². The highest BCUT2D eigenvalue weighted by Crippen LogP contribution is 2.35. The van der Waals surface area contributed by atoms with Gasteiger partial charge in [0.15, 0.2) is 5.00 Å². The van der Waals surface area contributed by atoms with Crippen LogP contribution in [0.3, 0.4) is 0 Å². The van der Waals surface area contributed by atoms with Crippen molar-refractivity contribution in [1.29, 1.82) is 0 Å². The Morgan fingerprint density at radius 1 is 0.944 bits per heavy atom. The molecular formula is C16H33FS. The lowest BCUT2D eigenvalue weighted by molar-refractivity contribution is 0.306. The molecule has 0 fully saturated rings. The second kappa shape index (κ2) is 11.1. The molecule has 2 heteroatoms. The zero-order valence-corrected chi connectivity index (χ0v) is 13.8. The van der Waals surface area contributed by atoms with E-state index in [2.05, 4.69) is 13.8 Å². The van der Waals surface area contributed by atoms with Crippen molar-refractivity contribution in [2.45, 2.75) is 102 Å². The van der Waals surface area contributed by atoms with Crippen LogP contribution in [0.5, 0.6) is 0 Å². The number of rotatable bonds is 12. The van der Waals surface area contributed by atoms with E-state index in [1.807, 2.05) is 6.92 Å². The van der Waals surface area contributed by atoms with Gasteiger partial charge in [0, 0.05) is 5.25 Å². The van der Waals surface area contributed by atoms with Crippen LogP contribution in [-0.4, -0.2) is 10.3 Å². The molecule has 0 aliphatic heterocycles. The van der Waals surface area contributed by atoms with E-state index in [9.17, 15) is 4.39 Å². The van der Waals surface area contributed by atoms with E-state index in [1.54, 1.807) is 6.92 Å². The SMILES string of the molecule is CCCCCCCCCCC(C)SC(C)(F)CC. The normalized spacial score (nSPS) is 16.5. The summed E-state index contributed by atoms with van der Waals surface area (Å²) in [4.78, 5) is 0. The summed E-state index contributed by atoms with van der Waals surface area (Å²) in [5.74, 6) is 0. The van der Waals surface area contributed by atoms with E-state index in [1.165, 1.54) is 69.5 Å². The molecule has 0 aromatic rings. The lowest BCUT2D eigenvalue weighted by Gasteiger charge is -2.22. The molecule has 0 N–H and O–H groups in total. The maximum atomic E-state index is 13.8.